The molecule has 0 bridgehead atoms. The van der Waals surface area contributed by atoms with Gasteiger partial charge < -0.3 is 0 Å². The molecule has 1 rings (SSSR count). The van der Waals surface area contributed by atoms with Crippen LogP contribution < -0.4 is 0 Å². The van der Waals surface area contributed by atoms with Crippen LogP contribution in [0, 0.1) is 0 Å². The first kappa shape index (κ1) is 8.53. The zero-order valence-corrected chi connectivity index (χ0v) is 8.89. The molecule has 10 heavy (non-hydrogen) atoms. The summed E-state index contributed by atoms with van der Waals surface area (Å²) >= 11 is 2.72. The van der Waals surface area contributed by atoms with E-state index in [2.05, 4.69) is 15.6 Å². The van der Waals surface area contributed by atoms with Gasteiger partial charge in [-0.1, -0.05) is 0 Å². The van der Waals surface area contributed by atoms with Crippen molar-refractivity contribution in [2.45, 2.75) is 13.8 Å². The molecule has 0 aromatic carbocycles. The van der Waals surface area contributed by atoms with Gasteiger partial charge in [0.25, 0.3) is 0 Å². The van der Waals surface area contributed by atoms with Crippen molar-refractivity contribution in [2.75, 3.05) is 0 Å². The van der Waals surface area contributed by atoms with Crippen molar-refractivity contribution in [2.24, 2.45) is 0 Å². The zero-order valence-electron chi connectivity index (χ0n) is 5.54. The summed E-state index contributed by atoms with van der Waals surface area (Å²) < 4.78 is 22.9. The van der Waals surface area contributed by atoms with Crippen LogP contribution >= 0.6 is 10.8 Å². The van der Waals surface area contributed by atoms with E-state index in [1.807, 2.05) is 0 Å². The van der Waals surface area contributed by atoms with Gasteiger partial charge in [-0.25, -0.2) is 0 Å². The van der Waals surface area contributed by atoms with Crippen molar-refractivity contribution in [1.82, 2.24) is 0 Å². The molecule has 0 N–H and O–H groups in total. The number of hydrogen-bond acceptors (Lipinski definition) is 3. The van der Waals surface area contributed by atoms with Crippen molar-refractivity contribution in [1.29, 1.82) is 0 Å². The summed E-state index contributed by atoms with van der Waals surface area (Å²) in [4.78, 5) is 0.478. The average Bonchev–Trinajstić information content (AvgIpc) is 1.95. The molecule has 56 valence electrons. The van der Waals surface area contributed by atoms with E-state index < -0.39 is 8.87 Å². The van der Waals surface area contributed by atoms with Gasteiger partial charge in [0.05, 0.1) is 0 Å². The summed E-state index contributed by atoms with van der Waals surface area (Å²) in [6.45, 7) is 3.43. The average molecular weight is 241 g/mol. The third-order valence-electron chi connectivity index (χ3n) is 1.39. The van der Waals surface area contributed by atoms with Crippen LogP contribution in [0.4, 0.5) is 0 Å². The zero-order chi connectivity index (χ0) is 7.94. The Balaban J connectivity index is 3.33. The molecule has 0 fully saturated rings. The van der Waals surface area contributed by atoms with Crippen LogP contribution in [0.3, 0.4) is 0 Å². The van der Waals surface area contributed by atoms with Gasteiger partial charge in [-0.05, 0) is 0 Å². The predicted octanol–water partition coefficient (Wildman–Crippen LogP) is 0.655. The first-order valence-electron chi connectivity index (χ1n) is 2.61. The van der Waals surface area contributed by atoms with E-state index in [4.69, 9.17) is 0 Å². The molecule has 0 aromatic rings. The molecule has 0 atom stereocenters. The molecule has 0 saturated carbocycles. The normalized spacial score (nSPS) is 24.0. The molecule has 1 aliphatic heterocycles. The van der Waals surface area contributed by atoms with Crippen LogP contribution in [0.25, 0.3) is 0 Å². The van der Waals surface area contributed by atoms with Crippen LogP contribution in [0.15, 0.2) is 10.5 Å². The molecular weight excluding hydrogens is 235 g/mol. The minimum absolute atomic E-state index is 0.478. The van der Waals surface area contributed by atoms with E-state index in [1.54, 1.807) is 13.8 Å². The maximum absolute atomic E-state index is 11.0. The topological polar surface area (TPSA) is 34.1 Å². The van der Waals surface area contributed by atoms with Crippen molar-refractivity contribution in [3.63, 3.8) is 0 Å². The molecule has 0 unspecified atom stereocenters. The quantitative estimate of drug-likeness (QED) is 0.461. The van der Waals surface area contributed by atoms with E-state index in [0.717, 1.165) is 20.1 Å². The third kappa shape index (κ3) is 1.23. The molecule has 0 amide bonds. The first-order chi connectivity index (χ1) is 4.45. The summed E-state index contributed by atoms with van der Waals surface area (Å²) in [5, 5.41) is 0. The molecule has 1 heterocycles. The molecule has 5 heteroatoms. The van der Waals surface area contributed by atoms with E-state index in [9.17, 15) is 8.42 Å². The van der Waals surface area contributed by atoms with E-state index in [0.29, 0.717) is 4.91 Å². The summed E-state index contributed by atoms with van der Waals surface area (Å²) in [7, 11) is -2.10. The summed E-state index contributed by atoms with van der Waals surface area (Å²) in [6.07, 6.45) is 0. The Hall–Kier alpha value is 0.429. The third-order valence-corrected chi connectivity index (χ3v) is 6.92. The second-order valence-corrected chi connectivity index (χ2v) is 7.36. The summed E-state index contributed by atoms with van der Waals surface area (Å²) in [5.74, 6) is 0. The second-order valence-electron chi connectivity index (χ2n) is 2.01. The van der Waals surface area contributed by atoms with Gasteiger partial charge in [0, 0.05) is 0 Å². The Labute approximate surface area is 71.8 Å². The monoisotopic (exact) mass is 242 g/mol. The number of allylic oxidation sites excluding steroid dienone is 1. The molecular formula is C5H6O2S2Se. The first-order valence-corrected chi connectivity index (χ1v) is 6.29. The fraction of sp³-hybridized carbons (Fsp3) is 0.400. The Morgan fingerprint density at radius 3 is 2.00 bits per heavy atom. The van der Waals surface area contributed by atoms with E-state index in [-0.39, 0.29) is 0 Å². The van der Waals surface area contributed by atoms with Gasteiger partial charge in [0.15, 0.2) is 0 Å². The van der Waals surface area contributed by atoms with Gasteiger partial charge in [0.1, 0.15) is 0 Å². The minimum atomic E-state index is -3.00. The second kappa shape index (κ2) is 2.48. The summed E-state index contributed by atoms with van der Waals surface area (Å²) in [5.41, 5.74) is 0.852. The van der Waals surface area contributed by atoms with Gasteiger partial charge in [-0.15, -0.1) is 0 Å². The molecule has 1 aliphatic rings. The maximum atomic E-state index is 11.0. The molecule has 0 saturated heterocycles. The van der Waals surface area contributed by atoms with Crippen LogP contribution in [0.2, 0.25) is 0 Å². The predicted molar refractivity (Wildman–Crippen MR) is 45.6 cm³/mol. The Bertz CT molecular complexity index is 313. The SMILES string of the molecule is CC1=C(C)S(=O)(=O)SC1=[Se]. The van der Waals surface area contributed by atoms with Gasteiger partial charge >= 0.3 is 71.7 Å². The molecule has 0 spiro atoms. The van der Waals surface area contributed by atoms with Gasteiger partial charge in [-0.3, -0.25) is 0 Å². The molecule has 0 radical (unpaired) electrons. The number of hydrogen-bond donors (Lipinski definition) is 0. The van der Waals surface area contributed by atoms with E-state index in [1.165, 1.54) is 0 Å². The van der Waals surface area contributed by atoms with Crippen LogP contribution in [0.1, 0.15) is 13.8 Å². The summed E-state index contributed by atoms with van der Waals surface area (Å²) in [6, 6.07) is 0. The molecule has 2 nitrogen and oxygen atoms in total. The Kier molecular flexibility index (Phi) is 2.12. The standard InChI is InChI=1S/C5H6O2S2Se/c1-3-4(2)9(6,7)8-5(3)10/h1-2H3. The van der Waals surface area contributed by atoms with Gasteiger partial charge in [0.2, 0.25) is 0 Å². The van der Waals surface area contributed by atoms with Crippen molar-refractivity contribution >= 4 is 39.0 Å². The Morgan fingerprint density at radius 2 is 1.90 bits per heavy atom. The van der Waals surface area contributed by atoms with Crippen LogP contribution in [-0.2, 0) is 8.87 Å². The molecule has 0 aromatic heterocycles. The van der Waals surface area contributed by atoms with Gasteiger partial charge in [-0.2, -0.15) is 0 Å². The molecule has 0 aliphatic carbocycles. The number of rotatable bonds is 0. The Morgan fingerprint density at radius 1 is 1.40 bits per heavy atom. The fourth-order valence-electron chi connectivity index (χ4n) is 0.556. The van der Waals surface area contributed by atoms with Crippen LogP contribution in [0.5, 0.6) is 0 Å². The van der Waals surface area contributed by atoms with Crippen molar-refractivity contribution < 1.29 is 8.42 Å². The van der Waals surface area contributed by atoms with E-state index >= 15 is 0 Å². The van der Waals surface area contributed by atoms with Crippen LogP contribution in [-0.4, -0.2) is 27.7 Å². The van der Waals surface area contributed by atoms with Crippen molar-refractivity contribution in [3.05, 3.63) is 10.5 Å². The fourth-order valence-corrected chi connectivity index (χ4v) is 5.58. The van der Waals surface area contributed by atoms with Crippen molar-refractivity contribution in [3.8, 4) is 0 Å².